The van der Waals surface area contributed by atoms with Gasteiger partial charge in [0.05, 0.1) is 16.5 Å². The Balaban J connectivity index is 1.80. The van der Waals surface area contributed by atoms with E-state index in [-0.39, 0.29) is 18.9 Å². The van der Waals surface area contributed by atoms with Gasteiger partial charge in [-0.1, -0.05) is 19.1 Å². The Labute approximate surface area is 141 Å². The lowest BCUT2D eigenvalue weighted by atomic mass is 10.2. The lowest BCUT2D eigenvalue weighted by Gasteiger charge is -2.08. The Hall–Kier alpha value is -1.44. The number of rotatable bonds is 8. The minimum atomic E-state index is -3.37. The molecule has 1 N–H and O–H groups in total. The first-order valence-electron chi connectivity index (χ1n) is 7.51. The number of benzene rings is 1. The van der Waals surface area contributed by atoms with E-state index in [1.807, 2.05) is 38.1 Å². The average Bonchev–Trinajstić information content (AvgIpc) is 2.84. The maximum absolute atomic E-state index is 12.0. The summed E-state index contributed by atoms with van der Waals surface area (Å²) in [6.07, 6.45) is 0.967. The minimum Gasteiger partial charge on any atom is -0.492 e. The first kappa shape index (κ1) is 17.9. The van der Waals surface area contributed by atoms with Crippen molar-refractivity contribution in [2.45, 2.75) is 33.7 Å². The number of sulfonamides is 1. The Morgan fingerprint density at radius 3 is 2.48 bits per heavy atom. The van der Waals surface area contributed by atoms with Crippen molar-refractivity contribution >= 4 is 21.4 Å². The first-order chi connectivity index (χ1) is 10.9. The van der Waals surface area contributed by atoms with Gasteiger partial charge in [0, 0.05) is 11.4 Å². The summed E-state index contributed by atoms with van der Waals surface area (Å²) in [5.74, 6) is 0.616. The van der Waals surface area contributed by atoms with Gasteiger partial charge in [0.15, 0.2) is 0 Å². The van der Waals surface area contributed by atoms with Crippen LogP contribution in [0.1, 0.15) is 28.1 Å². The number of aromatic nitrogens is 1. The highest BCUT2D eigenvalue weighted by Crippen LogP contribution is 2.17. The number of nitrogens with zero attached hydrogens (tertiary/aromatic N) is 1. The van der Waals surface area contributed by atoms with Crippen molar-refractivity contribution in [3.05, 3.63) is 45.4 Å². The van der Waals surface area contributed by atoms with Gasteiger partial charge < -0.3 is 4.74 Å². The summed E-state index contributed by atoms with van der Waals surface area (Å²) in [6.45, 7) is 6.29. The zero-order valence-electron chi connectivity index (χ0n) is 13.6. The summed E-state index contributed by atoms with van der Waals surface area (Å²) in [4.78, 5) is 5.23. The van der Waals surface area contributed by atoms with Crippen LogP contribution in [-0.2, 0) is 23.0 Å². The van der Waals surface area contributed by atoms with Gasteiger partial charge in [-0.05, 0) is 38.0 Å². The number of hydrogen-bond acceptors (Lipinski definition) is 5. The number of nitrogens with one attached hydrogen (secondary N) is 1. The number of ether oxygens (including phenoxy) is 1. The molecule has 0 bridgehead atoms. The van der Waals surface area contributed by atoms with Crippen LogP contribution in [0.4, 0.5) is 0 Å². The fourth-order valence-corrected chi connectivity index (χ4v) is 3.86. The molecule has 5 nitrogen and oxygen atoms in total. The molecule has 0 unspecified atom stereocenters. The smallest absolute Gasteiger partial charge is 0.215 e. The fourth-order valence-electron chi connectivity index (χ4n) is 2.08. The predicted molar refractivity (Wildman–Crippen MR) is 93.5 cm³/mol. The molecule has 2 aromatic rings. The molecule has 0 aliphatic heterocycles. The van der Waals surface area contributed by atoms with Gasteiger partial charge in [-0.15, -0.1) is 11.3 Å². The second-order valence-electron chi connectivity index (χ2n) is 5.23. The second-order valence-corrected chi connectivity index (χ2v) is 8.44. The Kier molecular flexibility index (Phi) is 6.15. The second kappa shape index (κ2) is 7.90. The van der Waals surface area contributed by atoms with Gasteiger partial charge >= 0.3 is 0 Å². The Morgan fingerprint density at radius 2 is 1.91 bits per heavy atom. The topological polar surface area (TPSA) is 68.3 Å². The molecular formula is C16H22N2O3S2. The molecule has 0 amide bonds. The maximum Gasteiger partial charge on any atom is 0.215 e. The predicted octanol–water partition coefficient (Wildman–Crippen LogP) is 2.82. The number of aryl methyl sites for hydroxylation is 3. The van der Waals surface area contributed by atoms with Crippen LogP contribution in [0.25, 0.3) is 0 Å². The summed E-state index contributed by atoms with van der Waals surface area (Å²) >= 11 is 1.51. The number of hydrogen-bond donors (Lipinski definition) is 1. The monoisotopic (exact) mass is 354 g/mol. The third-order valence-corrected chi connectivity index (χ3v) is 5.77. The van der Waals surface area contributed by atoms with Gasteiger partial charge in [0.25, 0.3) is 0 Å². The molecular weight excluding hydrogens is 332 g/mol. The molecule has 0 saturated carbocycles. The minimum absolute atomic E-state index is 0.0701. The van der Waals surface area contributed by atoms with Crippen LogP contribution in [0.3, 0.4) is 0 Å². The van der Waals surface area contributed by atoms with Crippen molar-refractivity contribution in [1.82, 2.24) is 9.71 Å². The highest BCUT2D eigenvalue weighted by Gasteiger charge is 2.13. The van der Waals surface area contributed by atoms with Gasteiger partial charge in [-0.25, -0.2) is 18.1 Å². The van der Waals surface area contributed by atoms with E-state index in [2.05, 4.69) is 16.6 Å². The SMILES string of the molecule is CCc1ccc(OCCS(=O)(=O)NCc2sc(C)nc2C)cc1. The van der Waals surface area contributed by atoms with E-state index in [9.17, 15) is 8.42 Å². The van der Waals surface area contributed by atoms with Gasteiger partial charge in [0.1, 0.15) is 12.4 Å². The van der Waals surface area contributed by atoms with Crippen molar-refractivity contribution < 1.29 is 13.2 Å². The van der Waals surface area contributed by atoms with Gasteiger partial charge in [-0.2, -0.15) is 0 Å². The van der Waals surface area contributed by atoms with Crippen molar-refractivity contribution in [2.75, 3.05) is 12.4 Å². The summed E-state index contributed by atoms with van der Waals surface area (Å²) in [7, 11) is -3.37. The largest absolute Gasteiger partial charge is 0.492 e. The van der Waals surface area contributed by atoms with Crippen molar-refractivity contribution in [3.8, 4) is 5.75 Å². The summed E-state index contributed by atoms with van der Waals surface area (Å²) < 4.78 is 32.1. The van der Waals surface area contributed by atoms with Crippen LogP contribution < -0.4 is 9.46 Å². The quantitative estimate of drug-likeness (QED) is 0.791. The Morgan fingerprint density at radius 1 is 1.22 bits per heavy atom. The van der Waals surface area contributed by atoms with E-state index in [1.54, 1.807) is 0 Å². The van der Waals surface area contributed by atoms with E-state index in [4.69, 9.17) is 4.74 Å². The normalized spacial score (nSPS) is 11.6. The molecule has 0 spiro atoms. The van der Waals surface area contributed by atoms with Crippen LogP contribution in [0.5, 0.6) is 5.75 Å². The zero-order valence-corrected chi connectivity index (χ0v) is 15.3. The van der Waals surface area contributed by atoms with E-state index >= 15 is 0 Å². The standard InChI is InChI=1S/C16H22N2O3S2/c1-4-14-5-7-15(8-6-14)21-9-10-23(19,20)17-11-16-12(2)18-13(3)22-16/h5-8,17H,4,9-11H2,1-3H3. The van der Waals surface area contributed by atoms with Crippen LogP contribution >= 0.6 is 11.3 Å². The Bertz CT molecular complexity index is 737. The molecule has 1 heterocycles. The maximum atomic E-state index is 12.0. The van der Waals surface area contributed by atoms with Gasteiger partial charge in [-0.3, -0.25) is 0 Å². The molecule has 1 aromatic carbocycles. The van der Waals surface area contributed by atoms with Gasteiger partial charge in [0.2, 0.25) is 10.0 Å². The van der Waals surface area contributed by atoms with Crippen LogP contribution in [0, 0.1) is 13.8 Å². The third-order valence-electron chi connectivity index (χ3n) is 3.40. The summed E-state index contributed by atoms with van der Waals surface area (Å²) in [5.41, 5.74) is 2.10. The molecule has 0 saturated heterocycles. The lowest BCUT2D eigenvalue weighted by Crippen LogP contribution is -2.28. The fraction of sp³-hybridized carbons (Fsp3) is 0.438. The first-order valence-corrected chi connectivity index (χ1v) is 9.98. The molecule has 23 heavy (non-hydrogen) atoms. The molecule has 0 atom stereocenters. The van der Waals surface area contributed by atoms with E-state index < -0.39 is 10.0 Å². The molecule has 2 rings (SSSR count). The molecule has 126 valence electrons. The lowest BCUT2D eigenvalue weighted by molar-refractivity contribution is 0.340. The number of thiazole rings is 1. The van der Waals surface area contributed by atoms with Crippen molar-refractivity contribution in [1.29, 1.82) is 0 Å². The van der Waals surface area contributed by atoms with Crippen molar-refractivity contribution in [3.63, 3.8) is 0 Å². The van der Waals surface area contributed by atoms with Crippen LogP contribution in [-0.4, -0.2) is 25.8 Å². The van der Waals surface area contributed by atoms with Crippen LogP contribution in [0.2, 0.25) is 0 Å². The molecule has 0 aliphatic rings. The zero-order chi connectivity index (χ0) is 16.9. The molecule has 1 aromatic heterocycles. The van der Waals surface area contributed by atoms with Crippen LogP contribution in [0.15, 0.2) is 24.3 Å². The summed E-state index contributed by atoms with van der Waals surface area (Å²) in [5, 5.41) is 0.940. The molecule has 0 aliphatic carbocycles. The van der Waals surface area contributed by atoms with E-state index in [0.29, 0.717) is 5.75 Å². The highest BCUT2D eigenvalue weighted by molar-refractivity contribution is 7.89. The van der Waals surface area contributed by atoms with E-state index in [1.165, 1.54) is 16.9 Å². The summed E-state index contributed by atoms with van der Waals surface area (Å²) in [6, 6.07) is 7.69. The molecule has 0 fully saturated rings. The van der Waals surface area contributed by atoms with E-state index in [0.717, 1.165) is 22.0 Å². The average molecular weight is 354 g/mol. The highest BCUT2D eigenvalue weighted by atomic mass is 32.2. The molecule has 7 heteroatoms. The van der Waals surface area contributed by atoms with Crippen molar-refractivity contribution in [2.24, 2.45) is 0 Å². The third kappa shape index (κ3) is 5.60. The molecule has 0 radical (unpaired) electrons.